The molecule has 0 saturated carbocycles. The second-order valence-electron chi connectivity index (χ2n) is 1.66. The molecule has 1 heterocycles. The summed E-state index contributed by atoms with van der Waals surface area (Å²) in [5.74, 6) is 0. The van der Waals surface area contributed by atoms with Gasteiger partial charge in [0.1, 0.15) is 0 Å². The van der Waals surface area contributed by atoms with Gasteiger partial charge in [0.25, 0.3) is 6.23 Å². The van der Waals surface area contributed by atoms with Crippen LogP contribution < -0.4 is 0 Å². The zero-order chi connectivity index (χ0) is 7.61. The molecule has 0 N–H and O–H groups in total. The number of hydrogen-bond acceptors (Lipinski definition) is 2. The lowest BCUT2D eigenvalue weighted by Gasteiger charge is -2.16. The van der Waals surface area contributed by atoms with E-state index in [9.17, 15) is 13.2 Å². The lowest BCUT2D eigenvalue weighted by Crippen LogP contribution is -2.29. The predicted molar refractivity (Wildman–Crippen MR) is 28.6 cm³/mol. The summed E-state index contributed by atoms with van der Waals surface area (Å²) in [5.41, 5.74) is 0. The van der Waals surface area contributed by atoms with Crippen LogP contribution in [0.2, 0.25) is 0 Å². The van der Waals surface area contributed by atoms with E-state index in [-0.39, 0.29) is 0 Å². The predicted octanol–water partition coefficient (Wildman–Crippen LogP) is 1.49. The van der Waals surface area contributed by atoms with Gasteiger partial charge in [-0.3, -0.25) is 0 Å². The minimum absolute atomic E-state index is 0.963. The number of rotatable bonds is 0. The van der Waals surface area contributed by atoms with Crippen LogP contribution in [0.4, 0.5) is 13.2 Å². The van der Waals surface area contributed by atoms with Gasteiger partial charge in [0.05, 0.1) is 6.26 Å². The lowest BCUT2D eigenvalue weighted by molar-refractivity contribution is -0.203. The standard InChI is InChI=1S/C5H4F3NO/c6-5(7,8)4-9-2-1-3-10-4/h1-4H. The molecule has 0 radical (unpaired) electrons. The molecule has 10 heavy (non-hydrogen) atoms. The van der Waals surface area contributed by atoms with Gasteiger partial charge in [0.15, 0.2) is 0 Å². The molecule has 0 aliphatic carbocycles. The molecule has 1 unspecified atom stereocenters. The van der Waals surface area contributed by atoms with Gasteiger partial charge in [-0.05, 0) is 6.08 Å². The highest BCUT2D eigenvalue weighted by molar-refractivity contribution is 5.71. The highest BCUT2D eigenvalue weighted by Gasteiger charge is 2.41. The molecule has 0 spiro atoms. The Morgan fingerprint density at radius 2 is 2.10 bits per heavy atom. The van der Waals surface area contributed by atoms with Crippen molar-refractivity contribution < 1.29 is 17.9 Å². The number of allylic oxidation sites excluding steroid dienone is 1. The first-order chi connectivity index (χ1) is 4.61. The van der Waals surface area contributed by atoms with Gasteiger partial charge in [0, 0.05) is 6.21 Å². The van der Waals surface area contributed by atoms with Crippen molar-refractivity contribution in [2.45, 2.75) is 12.4 Å². The number of alkyl halides is 3. The molecule has 1 aliphatic heterocycles. The van der Waals surface area contributed by atoms with Crippen LogP contribution in [0.15, 0.2) is 17.3 Å². The molecule has 1 atom stereocenters. The van der Waals surface area contributed by atoms with Crippen LogP contribution in [-0.2, 0) is 4.74 Å². The molecule has 0 amide bonds. The van der Waals surface area contributed by atoms with Gasteiger partial charge in [-0.1, -0.05) is 0 Å². The van der Waals surface area contributed by atoms with Gasteiger partial charge >= 0.3 is 6.18 Å². The molecular weight excluding hydrogens is 147 g/mol. The Labute approximate surface area is 55.0 Å². The Hall–Kier alpha value is -1.00. The Morgan fingerprint density at radius 3 is 2.40 bits per heavy atom. The Bertz CT molecular complexity index is 172. The third kappa shape index (κ3) is 1.49. The van der Waals surface area contributed by atoms with E-state index in [1.165, 1.54) is 6.08 Å². The van der Waals surface area contributed by atoms with E-state index in [1.54, 1.807) is 0 Å². The number of aliphatic imine (C=N–C) groups is 1. The fraction of sp³-hybridized carbons (Fsp3) is 0.400. The van der Waals surface area contributed by atoms with Crippen LogP contribution in [0.5, 0.6) is 0 Å². The summed E-state index contributed by atoms with van der Waals surface area (Å²) < 4.78 is 39.1. The van der Waals surface area contributed by atoms with Gasteiger partial charge in [-0.2, -0.15) is 13.2 Å². The molecule has 56 valence electrons. The second kappa shape index (κ2) is 2.32. The minimum Gasteiger partial charge on any atom is -0.467 e. The Balaban J connectivity index is 2.60. The van der Waals surface area contributed by atoms with Crippen molar-refractivity contribution in [2.75, 3.05) is 0 Å². The van der Waals surface area contributed by atoms with Crippen molar-refractivity contribution in [3.05, 3.63) is 12.3 Å². The van der Waals surface area contributed by atoms with Crippen LogP contribution >= 0.6 is 0 Å². The van der Waals surface area contributed by atoms with Crippen LogP contribution in [-0.4, -0.2) is 18.6 Å². The van der Waals surface area contributed by atoms with Crippen molar-refractivity contribution in [2.24, 2.45) is 4.99 Å². The molecular formula is C5H4F3NO. The highest BCUT2D eigenvalue weighted by Crippen LogP contribution is 2.24. The van der Waals surface area contributed by atoms with E-state index in [0.29, 0.717) is 0 Å². The number of hydrogen-bond donors (Lipinski definition) is 0. The largest absolute Gasteiger partial charge is 0.467 e. The maximum absolute atomic E-state index is 11.7. The van der Waals surface area contributed by atoms with E-state index in [2.05, 4.69) is 9.73 Å². The third-order valence-corrected chi connectivity index (χ3v) is 0.874. The zero-order valence-electron chi connectivity index (χ0n) is 4.80. The minimum atomic E-state index is -4.40. The number of halogens is 3. The SMILES string of the molecule is FC(F)(F)C1N=CC=CO1. The maximum Gasteiger partial charge on any atom is 0.447 e. The second-order valence-corrected chi connectivity index (χ2v) is 1.66. The van der Waals surface area contributed by atoms with Gasteiger partial charge in [-0.25, -0.2) is 4.99 Å². The van der Waals surface area contributed by atoms with E-state index in [4.69, 9.17) is 0 Å². The van der Waals surface area contributed by atoms with Gasteiger partial charge < -0.3 is 4.74 Å². The van der Waals surface area contributed by atoms with Crippen molar-refractivity contribution in [3.8, 4) is 0 Å². The summed E-state index contributed by atoms with van der Waals surface area (Å²) in [5, 5.41) is 0. The molecule has 5 heteroatoms. The average molecular weight is 151 g/mol. The summed E-state index contributed by atoms with van der Waals surface area (Å²) in [7, 11) is 0. The zero-order valence-corrected chi connectivity index (χ0v) is 4.80. The van der Waals surface area contributed by atoms with Crippen LogP contribution in [0.25, 0.3) is 0 Å². The number of ether oxygens (including phenoxy) is 1. The fourth-order valence-corrected chi connectivity index (χ4v) is 0.480. The molecule has 0 aromatic rings. The molecule has 0 saturated heterocycles. The molecule has 2 nitrogen and oxygen atoms in total. The molecule has 0 aromatic carbocycles. The summed E-state index contributed by atoms with van der Waals surface area (Å²) in [4.78, 5) is 3.04. The Kier molecular flexibility index (Phi) is 1.65. The van der Waals surface area contributed by atoms with E-state index in [1.807, 2.05) is 0 Å². The Morgan fingerprint density at radius 1 is 1.40 bits per heavy atom. The molecule has 1 aliphatic rings. The third-order valence-electron chi connectivity index (χ3n) is 0.874. The van der Waals surface area contributed by atoms with Crippen LogP contribution in [0.3, 0.4) is 0 Å². The number of nitrogens with zero attached hydrogens (tertiary/aromatic N) is 1. The van der Waals surface area contributed by atoms with E-state index in [0.717, 1.165) is 12.5 Å². The summed E-state index contributed by atoms with van der Waals surface area (Å²) >= 11 is 0. The van der Waals surface area contributed by atoms with Gasteiger partial charge in [0.2, 0.25) is 0 Å². The van der Waals surface area contributed by atoms with Crippen LogP contribution in [0.1, 0.15) is 0 Å². The average Bonchev–Trinajstić information content (AvgIpc) is 1.88. The summed E-state index contributed by atoms with van der Waals surface area (Å²) in [6.07, 6.45) is -3.10. The maximum atomic E-state index is 11.7. The van der Waals surface area contributed by atoms with Crippen molar-refractivity contribution in [3.63, 3.8) is 0 Å². The molecule has 1 rings (SSSR count). The first kappa shape index (κ1) is 7.11. The van der Waals surface area contributed by atoms with Gasteiger partial charge in [-0.15, -0.1) is 0 Å². The smallest absolute Gasteiger partial charge is 0.447 e. The summed E-state index contributed by atoms with van der Waals surface area (Å²) in [6.45, 7) is 0. The quantitative estimate of drug-likeness (QED) is 0.514. The molecule has 0 fully saturated rings. The first-order valence-corrected chi connectivity index (χ1v) is 2.51. The normalized spacial score (nSPS) is 24.5. The van der Waals surface area contributed by atoms with Crippen molar-refractivity contribution in [1.82, 2.24) is 0 Å². The van der Waals surface area contributed by atoms with Crippen LogP contribution in [0, 0.1) is 0 Å². The van der Waals surface area contributed by atoms with E-state index >= 15 is 0 Å². The monoisotopic (exact) mass is 151 g/mol. The molecule has 0 bridgehead atoms. The highest BCUT2D eigenvalue weighted by atomic mass is 19.4. The fourth-order valence-electron chi connectivity index (χ4n) is 0.480. The van der Waals surface area contributed by atoms with E-state index < -0.39 is 12.4 Å². The van der Waals surface area contributed by atoms with Crippen molar-refractivity contribution >= 4 is 6.21 Å². The summed E-state index contributed by atoms with van der Waals surface area (Å²) in [6, 6.07) is 0. The topological polar surface area (TPSA) is 21.6 Å². The lowest BCUT2D eigenvalue weighted by atomic mass is 10.5. The molecule has 0 aromatic heterocycles. The first-order valence-electron chi connectivity index (χ1n) is 2.51. The van der Waals surface area contributed by atoms with Crippen molar-refractivity contribution in [1.29, 1.82) is 0 Å².